The van der Waals surface area contributed by atoms with E-state index in [2.05, 4.69) is 35.9 Å². The van der Waals surface area contributed by atoms with Gasteiger partial charge in [-0.15, -0.1) is 0 Å². The van der Waals surface area contributed by atoms with Crippen molar-refractivity contribution in [2.75, 3.05) is 6.54 Å². The molecular formula is C24H32N2O2. The molecule has 1 unspecified atom stereocenters. The lowest BCUT2D eigenvalue weighted by Gasteiger charge is -2.59. The minimum atomic E-state index is -0.465. The fraction of sp³-hybridized carbons (Fsp3) is 0.667. The maximum atomic E-state index is 12.8. The van der Waals surface area contributed by atoms with Crippen LogP contribution in [-0.2, 0) is 4.79 Å². The Morgan fingerprint density at radius 2 is 2.04 bits per heavy atom. The Morgan fingerprint density at radius 1 is 1.18 bits per heavy atom. The van der Waals surface area contributed by atoms with Gasteiger partial charge in [-0.05, 0) is 85.8 Å². The van der Waals surface area contributed by atoms with Gasteiger partial charge in [0.1, 0.15) is 0 Å². The number of nitrogens with zero attached hydrogens (tertiary/aromatic N) is 2. The Hall–Kier alpha value is -1.68. The van der Waals surface area contributed by atoms with Crippen molar-refractivity contribution in [2.45, 2.75) is 70.4 Å². The molecule has 3 heterocycles. The molecule has 150 valence electrons. The molecule has 4 aliphatic rings. The molecule has 6 atom stereocenters. The van der Waals surface area contributed by atoms with Gasteiger partial charge in [-0.2, -0.15) is 0 Å². The molecule has 1 aromatic heterocycles. The second kappa shape index (κ2) is 6.41. The maximum Gasteiger partial charge on any atom is 0.225 e. The van der Waals surface area contributed by atoms with Gasteiger partial charge in [-0.25, -0.2) is 0 Å². The molecule has 1 aromatic rings. The third-order valence-electron chi connectivity index (χ3n) is 8.79. The molecule has 2 aliphatic carbocycles. The number of hydrogen-bond acceptors (Lipinski definition) is 3. The molecule has 3 fully saturated rings. The predicted octanol–water partition coefficient (Wildman–Crippen LogP) is 4.05. The van der Waals surface area contributed by atoms with Gasteiger partial charge in [0.25, 0.3) is 0 Å². The topological polar surface area (TPSA) is 53.4 Å². The number of amides is 1. The zero-order valence-corrected chi connectivity index (χ0v) is 17.1. The minimum Gasteiger partial charge on any atom is -0.393 e. The highest BCUT2D eigenvalue weighted by Gasteiger charge is 2.58. The summed E-state index contributed by atoms with van der Waals surface area (Å²) >= 11 is 0. The molecule has 0 bridgehead atoms. The fourth-order valence-electron chi connectivity index (χ4n) is 7.34. The SMILES string of the molecule is C[C@]12CC[C@H]3[C@@H](CCN4C(=O)CC(O)CC[C@]34C)[C@@H]1CC=C2c1cccnc1. The Bertz CT molecular complexity index is 806. The highest BCUT2D eigenvalue weighted by molar-refractivity contribution is 5.78. The van der Waals surface area contributed by atoms with E-state index < -0.39 is 6.10 Å². The van der Waals surface area contributed by atoms with Crippen molar-refractivity contribution in [3.8, 4) is 0 Å². The van der Waals surface area contributed by atoms with Gasteiger partial charge < -0.3 is 10.0 Å². The first-order valence-corrected chi connectivity index (χ1v) is 11.0. The van der Waals surface area contributed by atoms with E-state index in [9.17, 15) is 9.90 Å². The van der Waals surface area contributed by atoms with Crippen LogP contribution in [-0.4, -0.2) is 39.1 Å². The normalized spacial score (nSPS) is 42.9. The number of allylic oxidation sites excluding steroid dienone is 2. The lowest BCUT2D eigenvalue weighted by molar-refractivity contribution is -0.150. The van der Waals surface area contributed by atoms with E-state index in [0.717, 1.165) is 32.2 Å². The Kier molecular flexibility index (Phi) is 4.20. The first-order chi connectivity index (χ1) is 13.4. The summed E-state index contributed by atoms with van der Waals surface area (Å²) in [5.41, 5.74) is 2.90. The summed E-state index contributed by atoms with van der Waals surface area (Å²) in [6.45, 7) is 5.64. The third kappa shape index (κ3) is 2.53. The van der Waals surface area contributed by atoms with Crippen LogP contribution in [0.15, 0.2) is 30.6 Å². The molecule has 0 spiro atoms. The molecule has 1 saturated carbocycles. The number of aliphatic hydroxyl groups is 1. The molecular weight excluding hydrogens is 348 g/mol. The van der Waals surface area contributed by atoms with Gasteiger partial charge in [0.15, 0.2) is 0 Å². The van der Waals surface area contributed by atoms with Crippen LogP contribution >= 0.6 is 0 Å². The van der Waals surface area contributed by atoms with Crippen LogP contribution in [0.25, 0.3) is 5.57 Å². The smallest absolute Gasteiger partial charge is 0.225 e. The van der Waals surface area contributed by atoms with Crippen molar-refractivity contribution >= 4 is 11.5 Å². The van der Waals surface area contributed by atoms with Crippen LogP contribution in [0, 0.1) is 23.2 Å². The monoisotopic (exact) mass is 380 g/mol. The Balaban J connectivity index is 1.46. The molecule has 4 nitrogen and oxygen atoms in total. The van der Waals surface area contributed by atoms with Crippen molar-refractivity contribution in [2.24, 2.45) is 23.2 Å². The van der Waals surface area contributed by atoms with Crippen LogP contribution in [0.3, 0.4) is 0 Å². The van der Waals surface area contributed by atoms with E-state index in [4.69, 9.17) is 0 Å². The molecule has 28 heavy (non-hydrogen) atoms. The molecule has 1 amide bonds. The number of piperidine rings is 1. The van der Waals surface area contributed by atoms with E-state index in [1.54, 1.807) is 0 Å². The van der Waals surface area contributed by atoms with Gasteiger partial charge in [-0.1, -0.05) is 19.1 Å². The Labute approximate surface area is 168 Å². The molecule has 0 aromatic carbocycles. The number of aliphatic hydroxyl groups excluding tert-OH is 1. The van der Waals surface area contributed by atoms with Gasteiger partial charge in [-0.3, -0.25) is 9.78 Å². The van der Waals surface area contributed by atoms with E-state index in [-0.39, 0.29) is 16.9 Å². The van der Waals surface area contributed by atoms with Crippen LogP contribution in [0.1, 0.15) is 64.4 Å². The second-order valence-electron chi connectivity index (χ2n) is 10.0. The molecule has 0 radical (unpaired) electrons. The van der Waals surface area contributed by atoms with Crippen LogP contribution in [0.4, 0.5) is 0 Å². The largest absolute Gasteiger partial charge is 0.393 e. The van der Waals surface area contributed by atoms with Crippen LogP contribution in [0.5, 0.6) is 0 Å². The third-order valence-corrected chi connectivity index (χ3v) is 8.79. The molecule has 4 heteroatoms. The highest BCUT2D eigenvalue weighted by atomic mass is 16.3. The van der Waals surface area contributed by atoms with E-state index in [0.29, 0.717) is 24.2 Å². The van der Waals surface area contributed by atoms with Gasteiger partial charge in [0, 0.05) is 24.5 Å². The maximum absolute atomic E-state index is 12.8. The van der Waals surface area contributed by atoms with E-state index in [1.165, 1.54) is 24.0 Å². The summed E-state index contributed by atoms with van der Waals surface area (Å²) in [4.78, 5) is 19.3. The predicted molar refractivity (Wildman–Crippen MR) is 109 cm³/mol. The zero-order valence-electron chi connectivity index (χ0n) is 17.1. The van der Waals surface area contributed by atoms with E-state index >= 15 is 0 Å². The van der Waals surface area contributed by atoms with Crippen molar-refractivity contribution in [1.82, 2.24) is 9.88 Å². The number of pyridine rings is 1. The number of rotatable bonds is 1. The fourth-order valence-corrected chi connectivity index (χ4v) is 7.34. The standard InChI is InChI=1S/C24H32N2O2/c1-23-10-8-21-18(20(23)6-5-19(23)16-4-3-12-25-15-16)9-13-26-22(28)14-17(27)7-11-24(21,26)2/h3-5,12,15,17-18,20-21,27H,6-11,13-14H2,1-2H3/t17?,18-,20-,21-,23+,24+/m0/s1. The molecule has 2 aliphatic heterocycles. The minimum absolute atomic E-state index is 0.0874. The number of fused-ring (bicyclic) bond motifs is 5. The van der Waals surface area contributed by atoms with Gasteiger partial charge in [0.2, 0.25) is 5.91 Å². The van der Waals surface area contributed by atoms with Crippen molar-refractivity contribution in [3.05, 3.63) is 36.2 Å². The summed E-state index contributed by atoms with van der Waals surface area (Å²) in [6, 6.07) is 4.24. The van der Waals surface area contributed by atoms with Crippen LogP contribution < -0.4 is 0 Å². The van der Waals surface area contributed by atoms with Gasteiger partial charge in [0.05, 0.1) is 12.5 Å². The summed E-state index contributed by atoms with van der Waals surface area (Å²) < 4.78 is 0. The first kappa shape index (κ1) is 18.4. The zero-order chi connectivity index (χ0) is 19.5. The van der Waals surface area contributed by atoms with Crippen LogP contribution in [0.2, 0.25) is 0 Å². The quantitative estimate of drug-likeness (QED) is 0.800. The first-order valence-electron chi connectivity index (χ1n) is 11.0. The number of carbonyl (C=O) groups is 1. The van der Waals surface area contributed by atoms with E-state index in [1.807, 2.05) is 18.5 Å². The van der Waals surface area contributed by atoms with Crippen molar-refractivity contribution in [1.29, 1.82) is 0 Å². The van der Waals surface area contributed by atoms with Crippen molar-refractivity contribution in [3.63, 3.8) is 0 Å². The average molecular weight is 381 g/mol. The summed E-state index contributed by atoms with van der Waals surface area (Å²) in [5, 5.41) is 10.2. The Morgan fingerprint density at radius 3 is 2.82 bits per heavy atom. The summed E-state index contributed by atoms with van der Waals surface area (Å²) in [5.74, 6) is 2.03. The van der Waals surface area contributed by atoms with Gasteiger partial charge >= 0.3 is 0 Å². The van der Waals surface area contributed by atoms with Crippen molar-refractivity contribution < 1.29 is 9.90 Å². The summed E-state index contributed by atoms with van der Waals surface area (Å²) in [6.07, 6.45) is 12.5. The summed E-state index contributed by atoms with van der Waals surface area (Å²) in [7, 11) is 0. The highest BCUT2D eigenvalue weighted by Crippen LogP contribution is 2.63. The second-order valence-corrected chi connectivity index (χ2v) is 10.0. The number of hydrogen-bond donors (Lipinski definition) is 1. The lowest BCUT2D eigenvalue weighted by atomic mass is 9.52. The number of aromatic nitrogens is 1. The molecule has 5 rings (SSSR count). The average Bonchev–Trinajstić information content (AvgIpc) is 2.99. The number of carbonyl (C=O) groups excluding carboxylic acids is 1. The molecule has 1 N–H and O–H groups in total. The lowest BCUT2D eigenvalue weighted by Crippen LogP contribution is -2.62. The molecule has 2 saturated heterocycles.